The number of carbonyl (C=O) groups is 2. The van der Waals surface area contributed by atoms with Crippen molar-refractivity contribution in [2.45, 2.75) is 19.4 Å². The topological polar surface area (TPSA) is 88.3 Å². The van der Waals surface area contributed by atoms with Crippen molar-refractivity contribution >= 4 is 29.0 Å². The second kappa shape index (κ2) is 7.44. The van der Waals surface area contributed by atoms with Crippen molar-refractivity contribution in [2.24, 2.45) is 11.7 Å². The summed E-state index contributed by atoms with van der Waals surface area (Å²) in [6, 6.07) is 5.64. The van der Waals surface area contributed by atoms with Crippen LogP contribution >= 0.6 is 11.3 Å². The number of nitrogens with one attached hydrogen (secondary N) is 1. The Hall–Kier alpha value is -2.41. The van der Waals surface area contributed by atoms with Crippen LogP contribution in [0.3, 0.4) is 0 Å². The maximum Gasteiger partial charge on any atom is 0.252 e. The predicted molar refractivity (Wildman–Crippen MR) is 93.9 cm³/mol. The Kier molecular flexibility index (Phi) is 5.10. The number of primary amides is 1. The van der Waals surface area contributed by atoms with Gasteiger partial charge in [0.15, 0.2) is 0 Å². The Balaban J connectivity index is 1.65. The van der Waals surface area contributed by atoms with E-state index in [4.69, 9.17) is 5.73 Å². The summed E-state index contributed by atoms with van der Waals surface area (Å²) in [6.07, 6.45) is 3.24. The van der Waals surface area contributed by atoms with Gasteiger partial charge in [0.25, 0.3) is 5.91 Å². The molecule has 24 heavy (non-hydrogen) atoms. The molecule has 3 rings (SSSR count). The van der Waals surface area contributed by atoms with E-state index in [1.807, 2.05) is 22.9 Å². The molecule has 126 valence electrons. The number of pyridine rings is 1. The largest absolute Gasteiger partial charge is 0.369 e. The fourth-order valence-electron chi connectivity index (χ4n) is 2.90. The smallest absolute Gasteiger partial charge is 0.252 e. The standard InChI is InChI=1S/C17H20N4O2S/c18-15(22)12-3-7-21(8-4-12)16-13(2-1-6-19-16)10-20-17(23)14-5-9-24-11-14/h1-2,5-6,9,11-12H,3-4,7-8,10H2,(H2,18,22)(H,20,23). The van der Waals surface area contributed by atoms with Crippen molar-refractivity contribution in [3.8, 4) is 0 Å². The first kappa shape index (κ1) is 16.4. The van der Waals surface area contributed by atoms with E-state index in [0.717, 1.165) is 37.3 Å². The van der Waals surface area contributed by atoms with Gasteiger partial charge >= 0.3 is 0 Å². The zero-order valence-electron chi connectivity index (χ0n) is 13.3. The van der Waals surface area contributed by atoms with Crippen molar-refractivity contribution in [1.29, 1.82) is 0 Å². The molecule has 1 saturated heterocycles. The van der Waals surface area contributed by atoms with E-state index in [-0.39, 0.29) is 17.7 Å². The minimum atomic E-state index is -0.223. The fourth-order valence-corrected chi connectivity index (χ4v) is 3.54. The molecule has 3 N–H and O–H groups in total. The van der Waals surface area contributed by atoms with Crippen molar-refractivity contribution in [2.75, 3.05) is 18.0 Å². The van der Waals surface area contributed by atoms with Crippen molar-refractivity contribution in [3.63, 3.8) is 0 Å². The second-order valence-electron chi connectivity index (χ2n) is 5.84. The van der Waals surface area contributed by atoms with Crippen LogP contribution in [0.25, 0.3) is 0 Å². The van der Waals surface area contributed by atoms with Gasteiger partial charge in [0.05, 0.1) is 0 Å². The van der Waals surface area contributed by atoms with Crippen LogP contribution in [0.2, 0.25) is 0 Å². The lowest BCUT2D eigenvalue weighted by molar-refractivity contribution is -0.122. The van der Waals surface area contributed by atoms with Gasteiger partial charge < -0.3 is 16.0 Å². The van der Waals surface area contributed by atoms with Crippen LogP contribution in [0.5, 0.6) is 0 Å². The predicted octanol–water partition coefficient (Wildman–Crippen LogP) is 1.77. The summed E-state index contributed by atoms with van der Waals surface area (Å²) in [5, 5.41) is 6.64. The molecule has 0 radical (unpaired) electrons. The molecule has 0 bridgehead atoms. The number of nitrogens with zero attached hydrogens (tertiary/aromatic N) is 2. The van der Waals surface area contributed by atoms with Gasteiger partial charge in [-0.15, -0.1) is 0 Å². The first-order valence-electron chi connectivity index (χ1n) is 7.93. The Labute approximate surface area is 144 Å². The van der Waals surface area contributed by atoms with Crippen molar-refractivity contribution < 1.29 is 9.59 Å². The number of hydrogen-bond acceptors (Lipinski definition) is 5. The first-order valence-corrected chi connectivity index (χ1v) is 8.88. The molecule has 1 fully saturated rings. The SMILES string of the molecule is NC(=O)C1CCN(c2ncccc2CNC(=O)c2ccsc2)CC1. The molecule has 0 spiro atoms. The number of carbonyl (C=O) groups excluding carboxylic acids is 2. The van der Waals surface area contributed by atoms with Crippen LogP contribution in [0.15, 0.2) is 35.2 Å². The average Bonchev–Trinajstić information content (AvgIpc) is 3.15. The maximum atomic E-state index is 12.1. The molecule has 1 aliphatic rings. The summed E-state index contributed by atoms with van der Waals surface area (Å²) < 4.78 is 0. The summed E-state index contributed by atoms with van der Waals surface area (Å²) in [6.45, 7) is 1.92. The van der Waals surface area contributed by atoms with Gasteiger partial charge in [-0.05, 0) is 30.4 Å². The number of piperidine rings is 1. The molecule has 0 atom stereocenters. The summed E-state index contributed by atoms with van der Waals surface area (Å²) in [5.41, 5.74) is 7.03. The average molecular weight is 344 g/mol. The van der Waals surface area contributed by atoms with Crippen LogP contribution in [-0.2, 0) is 11.3 Å². The highest BCUT2D eigenvalue weighted by Crippen LogP contribution is 2.24. The Morgan fingerprint density at radius 1 is 1.33 bits per heavy atom. The maximum absolute atomic E-state index is 12.1. The van der Waals surface area contributed by atoms with E-state index >= 15 is 0 Å². The highest BCUT2D eigenvalue weighted by molar-refractivity contribution is 7.08. The molecule has 0 aromatic carbocycles. The van der Waals surface area contributed by atoms with Crippen LogP contribution < -0.4 is 16.0 Å². The molecule has 0 unspecified atom stereocenters. The number of rotatable bonds is 5. The summed E-state index contributed by atoms with van der Waals surface area (Å²) in [7, 11) is 0. The summed E-state index contributed by atoms with van der Waals surface area (Å²) in [5.74, 6) is 0.509. The van der Waals surface area contributed by atoms with E-state index in [1.165, 1.54) is 11.3 Å². The monoisotopic (exact) mass is 344 g/mol. The quantitative estimate of drug-likeness (QED) is 0.865. The zero-order valence-corrected chi connectivity index (χ0v) is 14.1. The number of hydrogen-bond donors (Lipinski definition) is 2. The zero-order chi connectivity index (χ0) is 16.9. The number of amides is 2. The minimum absolute atomic E-state index is 0.0493. The van der Waals surface area contributed by atoms with Gasteiger partial charge in [0.1, 0.15) is 5.82 Å². The lowest BCUT2D eigenvalue weighted by Gasteiger charge is -2.32. The van der Waals surface area contributed by atoms with E-state index < -0.39 is 0 Å². The van der Waals surface area contributed by atoms with Gasteiger partial charge in [-0.2, -0.15) is 11.3 Å². The minimum Gasteiger partial charge on any atom is -0.369 e. The molecular weight excluding hydrogens is 324 g/mol. The molecular formula is C17H20N4O2S. The summed E-state index contributed by atoms with van der Waals surface area (Å²) in [4.78, 5) is 30.0. The van der Waals surface area contributed by atoms with Gasteiger partial charge in [-0.25, -0.2) is 4.98 Å². The lowest BCUT2D eigenvalue weighted by Crippen LogP contribution is -2.39. The molecule has 1 aliphatic heterocycles. The Morgan fingerprint density at radius 3 is 2.79 bits per heavy atom. The number of aromatic nitrogens is 1. The van der Waals surface area contributed by atoms with E-state index in [1.54, 1.807) is 12.3 Å². The van der Waals surface area contributed by atoms with Crippen molar-refractivity contribution in [3.05, 3.63) is 46.3 Å². The van der Waals surface area contributed by atoms with E-state index in [2.05, 4.69) is 15.2 Å². The lowest BCUT2D eigenvalue weighted by atomic mass is 9.96. The van der Waals surface area contributed by atoms with Crippen LogP contribution in [0.1, 0.15) is 28.8 Å². The Bertz CT molecular complexity index is 709. The number of anilines is 1. The number of thiophene rings is 1. The molecule has 2 amide bonds. The third-order valence-electron chi connectivity index (χ3n) is 4.29. The highest BCUT2D eigenvalue weighted by atomic mass is 32.1. The van der Waals surface area contributed by atoms with Crippen molar-refractivity contribution in [1.82, 2.24) is 10.3 Å². The number of nitrogens with two attached hydrogens (primary N) is 1. The molecule has 7 heteroatoms. The van der Waals surface area contributed by atoms with Crippen LogP contribution in [-0.4, -0.2) is 29.9 Å². The molecule has 3 heterocycles. The van der Waals surface area contributed by atoms with Gasteiger partial charge in [0, 0.05) is 48.3 Å². The normalized spacial score (nSPS) is 15.2. The van der Waals surface area contributed by atoms with Gasteiger partial charge in [-0.1, -0.05) is 6.07 Å². The molecule has 2 aromatic rings. The van der Waals surface area contributed by atoms with Gasteiger partial charge in [-0.3, -0.25) is 9.59 Å². The molecule has 6 nitrogen and oxygen atoms in total. The molecule has 0 aliphatic carbocycles. The molecule has 0 saturated carbocycles. The van der Waals surface area contributed by atoms with Crippen LogP contribution in [0, 0.1) is 5.92 Å². The summed E-state index contributed by atoms with van der Waals surface area (Å²) >= 11 is 1.50. The van der Waals surface area contributed by atoms with E-state index in [0.29, 0.717) is 12.1 Å². The van der Waals surface area contributed by atoms with E-state index in [9.17, 15) is 9.59 Å². The highest BCUT2D eigenvalue weighted by Gasteiger charge is 2.25. The van der Waals surface area contributed by atoms with Crippen LogP contribution in [0.4, 0.5) is 5.82 Å². The molecule has 2 aromatic heterocycles. The third kappa shape index (κ3) is 3.73. The first-order chi connectivity index (χ1) is 11.6. The fraction of sp³-hybridized carbons (Fsp3) is 0.353. The van der Waals surface area contributed by atoms with Gasteiger partial charge in [0.2, 0.25) is 5.91 Å². The third-order valence-corrected chi connectivity index (χ3v) is 4.97. The Morgan fingerprint density at radius 2 is 2.12 bits per heavy atom. The second-order valence-corrected chi connectivity index (χ2v) is 6.62.